The summed E-state index contributed by atoms with van der Waals surface area (Å²) in [5.74, 6) is -1.02. The van der Waals surface area contributed by atoms with Gasteiger partial charge in [-0.05, 0) is 17.5 Å². The second-order valence-electron chi connectivity index (χ2n) is 4.31. The van der Waals surface area contributed by atoms with Gasteiger partial charge in [0.2, 0.25) is 0 Å². The molecule has 2 aromatic carbocycles. The van der Waals surface area contributed by atoms with Gasteiger partial charge in [-0.3, -0.25) is 14.8 Å². The molecule has 6 heteroatoms. The number of ether oxygens (including phenoxy) is 2. The molecule has 1 aliphatic heterocycles. The third-order valence-electron chi connectivity index (χ3n) is 3.36. The SMILES string of the molecule is COc1ccc2ccc(OC)c3c2c1C(=O)N(O)C3=O. The van der Waals surface area contributed by atoms with E-state index in [1.54, 1.807) is 24.3 Å². The van der Waals surface area contributed by atoms with E-state index in [1.165, 1.54) is 14.2 Å². The van der Waals surface area contributed by atoms with Gasteiger partial charge >= 0.3 is 0 Å². The normalized spacial score (nSPS) is 13.8. The van der Waals surface area contributed by atoms with Crippen molar-refractivity contribution in [1.82, 2.24) is 5.06 Å². The van der Waals surface area contributed by atoms with Gasteiger partial charge < -0.3 is 9.47 Å². The van der Waals surface area contributed by atoms with Crippen molar-refractivity contribution in [3.63, 3.8) is 0 Å². The Kier molecular flexibility index (Phi) is 2.62. The zero-order chi connectivity index (χ0) is 14.4. The third kappa shape index (κ3) is 1.42. The van der Waals surface area contributed by atoms with Crippen LogP contribution in [-0.4, -0.2) is 36.3 Å². The molecule has 2 amide bonds. The van der Waals surface area contributed by atoms with E-state index in [4.69, 9.17) is 9.47 Å². The average Bonchev–Trinajstić information content (AvgIpc) is 2.49. The molecule has 0 fully saturated rings. The quantitative estimate of drug-likeness (QED) is 0.667. The number of methoxy groups -OCH3 is 2. The summed E-state index contributed by atoms with van der Waals surface area (Å²) >= 11 is 0. The monoisotopic (exact) mass is 273 g/mol. The lowest BCUT2D eigenvalue weighted by Gasteiger charge is -2.24. The van der Waals surface area contributed by atoms with Gasteiger partial charge in [-0.1, -0.05) is 12.1 Å². The van der Waals surface area contributed by atoms with Gasteiger partial charge in [0.25, 0.3) is 11.8 Å². The smallest absolute Gasteiger partial charge is 0.289 e. The van der Waals surface area contributed by atoms with Crippen LogP contribution in [0.5, 0.6) is 11.5 Å². The van der Waals surface area contributed by atoms with Crippen molar-refractivity contribution in [2.75, 3.05) is 14.2 Å². The molecular formula is C14H11NO5. The second kappa shape index (κ2) is 4.21. The molecule has 0 spiro atoms. The summed E-state index contributed by atoms with van der Waals surface area (Å²) in [6, 6.07) is 6.73. The fraction of sp³-hybridized carbons (Fsp3) is 0.143. The summed E-state index contributed by atoms with van der Waals surface area (Å²) in [7, 11) is 2.84. The van der Waals surface area contributed by atoms with Gasteiger partial charge in [-0.25, -0.2) is 0 Å². The van der Waals surface area contributed by atoms with E-state index >= 15 is 0 Å². The molecule has 1 aliphatic rings. The molecule has 20 heavy (non-hydrogen) atoms. The van der Waals surface area contributed by atoms with E-state index in [1.807, 2.05) is 0 Å². The molecule has 0 atom stereocenters. The molecule has 0 aromatic heterocycles. The molecule has 0 saturated heterocycles. The van der Waals surface area contributed by atoms with Crippen LogP contribution in [0.2, 0.25) is 0 Å². The first kappa shape index (κ1) is 12.4. The lowest BCUT2D eigenvalue weighted by atomic mass is 9.93. The number of hydrogen-bond acceptors (Lipinski definition) is 5. The number of hydroxylamine groups is 2. The minimum absolute atomic E-state index is 0.0855. The van der Waals surface area contributed by atoms with Gasteiger partial charge in [0.05, 0.1) is 25.3 Å². The van der Waals surface area contributed by atoms with Gasteiger partial charge in [-0.2, -0.15) is 0 Å². The fourth-order valence-corrected chi connectivity index (χ4v) is 2.45. The highest BCUT2D eigenvalue weighted by atomic mass is 16.5. The first-order chi connectivity index (χ1) is 9.60. The Labute approximate surface area is 114 Å². The second-order valence-corrected chi connectivity index (χ2v) is 4.31. The number of hydrogen-bond donors (Lipinski definition) is 1. The zero-order valence-corrected chi connectivity index (χ0v) is 10.8. The maximum absolute atomic E-state index is 12.1. The predicted octanol–water partition coefficient (Wildman–Crippen LogP) is 1.84. The Hall–Kier alpha value is -2.60. The maximum atomic E-state index is 12.1. The van der Waals surface area contributed by atoms with Crippen molar-refractivity contribution in [3.8, 4) is 11.5 Å². The van der Waals surface area contributed by atoms with E-state index in [9.17, 15) is 14.8 Å². The van der Waals surface area contributed by atoms with E-state index < -0.39 is 11.8 Å². The highest BCUT2D eigenvalue weighted by Gasteiger charge is 2.36. The minimum atomic E-state index is -0.807. The molecule has 1 N–H and O–H groups in total. The van der Waals surface area contributed by atoms with Crippen molar-refractivity contribution in [1.29, 1.82) is 0 Å². The van der Waals surface area contributed by atoms with Crippen LogP contribution in [0.4, 0.5) is 0 Å². The van der Waals surface area contributed by atoms with Crippen LogP contribution < -0.4 is 9.47 Å². The fourth-order valence-electron chi connectivity index (χ4n) is 2.45. The Balaban J connectivity index is 2.54. The number of carbonyl (C=O) groups is 2. The van der Waals surface area contributed by atoms with Crippen molar-refractivity contribution in [3.05, 3.63) is 35.4 Å². The number of nitrogens with zero attached hydrogens (tertiary/aromatic N) is 1. The predicted molar refractivity (Wildman–Crippen MR) is 69.3 cm³/mol. The summed E-state index contributed by atoms with van der Waals surface area (Å²) < 4.78 is 10.3. The summed E-state index contributed by atoms with van der Waals surface area (Å²) in [6.45, 7) is 0. The molecule has 0 saturated carbocycles. The van der Waals surface area contributed by atoms with E-state index in [0.29, 0.717) is 22.3 Å². The first-order valence-electron chi connectivity index (χ1n) is 5.85. The van der Waals surface area contributed by atoms with Crippen molar-refractivity contribution < 1.29 is 24.3 Å². The van der Waals surface area contributed by atoms with Gasteiger partial charge in [-0.15, -0.1) is 5.06 Å². The van der Waals surface area contributed by atoms with E-state index in [0.717, 1.165) is 0 Å². The van der Waals surface area contributed by atoms with Crippen LogP contribution in [0.1, 0.15) is 20.7 Å². The molecule has 1 heterocycles. The number of carbonyl (C=O) groups excluding carboxylic acids is 2. The molecule has 0 bridgehead atoms. The molecule has 3 rings (SSSR count). The molecule has 0 radical (unpaired) electrons. The van der Waals surface area contributed by atoms with Crippen LogP contribution in [0.25, 0.3) is 10.8 Å². The average molecular weight is 273 g/mol. The minimum Gasteiger partial charge on any atom is -0.496 e. The van der Waals surface area contributed by atoms with Crippen molar-refractivity contribution in [2.24, 2.45) is 0 Å². The standard InChI is InChI=1S/C14H11NO5/c1-19-8-5-3-7-4-6-9(20-2)12-10(7)11(8)13(16)15(18)14(12)17/h3-6,18H,1-2H3. The lowest BCUT2D eigenvalue weighted by molar-refractivity contribution is -0.0380. The topological polar surface area (TPSA) is 76.1 Å². The molecule has 0 aliphatic carbocycles. The van der Waals surface area contributed by atoms with E-state index in [2.05, 4.69) is 0 Å². The number of rotatable bonds is 2. The Morgan fingerprint density at radius 3 is 1.75 bits per heavy atom. The zero-order valence-electron chi connectivity index (χ0n) is 10.8. The van der Waals surface area contributed by atoms with Crippen LogP contribution >= 0.6 is 0 Å². The highest BCUT2D eigenvalue weighted by molar-refractivity contribution is 6.26. The molecule has 2 aromatic rings. The number of imide groups is 1. The van der Waals surface area contributed by atoms with Crippen LogP contribution in [-0.2, 0) is 0 Å². The Bertz CT molecular complexity index is 694. The van der Waals surface area contributed by atoms with Crippen molar-refractivity contribution in [2.45, 2.75) is 0 Å². The number of amides is 2. The van der Waals surface area contributed by atoms with Gasteiger partial charge in [0.1, 0.15) is 11.5 Å². The first-order valence-corrected chi connectivity index (χ1v) is 5.85. The summed E-state index contributed by atoms with van der Waals surface area (Å²) in [6.07, 6.45) is 0. The lowest BCUT2D eigenvalue weighted by Crippen LogP contribution is -2.38. The molecule has 6 nitrogen and oxygen atoms in total. The van der Waals surface area contributed by atoms with E-state index in [-0.39, 0.29) is 16.2 Å². The summed E-state index contributed by atoms with van der Waals surface area (Å²) in [5, 5.41) is 10.9. The number of benzene rings is 2. The third-order valence-corrected chi connectivity index (χ3v) is 3.36. The van der Waals surface area contributed by atoms with Crippen LogP contribution in [0, 0.1) is 0 Å². The maximum Gasteiger partial charge on any atom is 0.289 e. The summed E-state index contributed by atoms with van der Waals surface area (Å²) in [4.78, 5) is 24.3. The van der Waals surface area contributed by atoms with Crippen molar-refractivity contribution >= 4 is 22.6 Å². The Morgan fingerprint density at radius 1 is 0.900 bits per heavy atom. The molecule has 0 unspecified atom stereocenters. The van der Waals surface area contributed by atoms with Crippen LogP contribution in [0.3, 0.4) is 0 Å². The Morgan fingerprint density at radius 2 is 1.35 bits per heavy atom. The van der Waals surface area contributed by atoms with Gasteiger partial charge in [0.15, 0.2) is 0 Å². The van der Waals surface area contributed by atoms with Gasteiger partial charge in [0, 0.05) is 5.39 Å². The van der Waals surface area contributed by atoms with Crippen LogP contribution in [0.15, 0.2) is 24.3 Å². The molecular weight excluding hydrogens is 262 g/mol. The largest absolute Gasteiger partial charge is 0.496 e. The summed E-state index contributed by atoms with van der Waals surface area (Å²) in [5.41, 5.74) is 0.307. The highest BCUT2D eigenvalue weighted by Crippen LogP contribution is 2.39. The molecule has 102 valence electrons.